The SMILES string of the molecule is COc1ccc(S(=O)(=O)NC(C)C)cc1NC(=O)[C@H](C)Oc1cccc(Cl)c1. The van der Waals surface area contributed by atoms with E-state index in [4.69, 9.17) is 21.1 Å². The van der Waals surface area contributed by atoms with Gasteiger partial charge in [-0.1, -0.05) is 17.7 Å². The molecule has 0 spiro atoms. The first-order valence-corrected chi connectivity index (χ1v) is 10.4. The Labute approximate surface area is 170 Å². The van der Waals surface area contributed by atoms with Gasteiger partial charge in [-0.2, -0.15) is 0 Å². The Morgan fingerprint density at radius 3 is 2.43 bits per heavy atom. The zero-order chi connectivity index (χ0) is 20.9. The van der Waals surface area contributed by atoms with E-state index in [2.05, 4.69) is 10.0 Å². The van der Waals surface area contributed by atoms with Crippen LogP contribution < -0.4 is 19.5 Å². The lowest BCUT2D eigenvalue weighted by atomic mass is 10.2. The highest BCUT2D eigenvalue weighted by Crippen LogP contribution is 2.28. The number of ether oxygens (including phenoxy) is 2. The third-order valence-electron chi connectivity index (χ3n) is 3.61. The second kappa shape index (κ2) is 9.27. The molecule has 0 bridgehead atoms. The van der Waals surface area contributed by atoms with Crippen LogP contribution in [0.2, 0.25) is 5.02 Å². The van der Waals surface area contributed by atoms with Gasteiger partial charge in [0.15, 0.2) is 6.10 Å². The normalized spacial score (nSPS) is 12.5. The fraction of sp³-hybridized carbons (Fsp3) is 0.316. The van der Waals surface area contributed by atoms with Crippen molar-refractivity contribution in [3.05, 3.63) is 47.5 Å². The number of benzene rings is 2. The van der Waals surface area contributed by atoms with Gasteiger partial charge in [0.2, 0.25) is 10.0 Å². The molecule has 0 unspecified atom stereocenters. The van der Waals surface area contributed by atoms with Crippen LogP contribution in [0.25, 0.3) is 0 Å². The molecule has 9 heteroatoms. The molecule has 2 aromatic carbocycles. The first-order chi connectivity index (χ1) is 13.1. The summed E-state index contributed by atoms with van der Waals surface area (Å²) >= 11 is 5.91. The maximum Gasteiger partial charge on any atom is 0.265 e. The minimum Gasteiger partial charge on any atom is -0.495 e. The van der Waals surface area contributed by atoms with Crippen LogP contribution in [0.15, 0.2) is 47.4 Å². The number of anilines is 1. The number of methoxy groups -OCH3 is 1. The number of sulfonamides is 1. The van der Waals surface area contributed by atoms with Gasteiger partial charge in [-0.15, -0.1) is 0 Å². The lowest BCUT2D eigenvalue weighted by Gasteiger charge is -2.17. The van der Waals surface area contributed by atoms with E-state index in [0.717, 1.165) is 0 Å². The minimum absolute atomic E-state index is 0.0145. The summed E-state index contributed by atoms with van der Waals surface area (Å²) in [4.78, 5) is 12.5. The smallest absolute Gasteiger partial charge is 0.265 e. The summed E-state index contributed by atoms with van der Waals surface area (Å²) in [5, 5.41) is 3.14. The van der Waals surface area contributed by atoms with Crippen molar-refractivity contribution in [1.29, 1.82) is 0 Å². The molecule has 7 nitrogen and oxygen atoms in total. The number of carbonyl (C=O) groups is 1. The average Bonchev–Trinajstić information content (AvgIpc) is 2.60. The first-order valence-electron chi connectivity index (χ1n) is 8.56. The predicted molar refractivity (Wildman–Crippen MR) is 109 cm³/mol. The number of nitrogens with one attached hydrogen (secondary N) is 2. The molecule has 152 valence electrons. The van der Waals surface area contributed by atoms with Crippen molar-refractivity contribution >= 4 is 33.2 Å². The zero-order valence-corrected chi connectivity index (χ0v) is 17.6. The average molecular weight is 427 g/mol. The van der Waals surface area contributed by atoms with Gasteiger partial charge in [-0.25, -0.2) is 13.1 Å². The topological polar surface area (TPSA) is 93.7 Å². The van der Waals surface area contributed by atoms with E-state index in [0.29, 0.717) is 16.5 Å². The van der Waals surface area contributed by atoms with Gasteiger partial charge in [0.05, 0.1) is 17.7 Å². The van der Waals surface area contributed by atoms with E-state index in [1.54, 1.807) is 45.0 Å². The summed E-state index contributed by atoms with van der Waals surface area (Å²) < 4.78 is 38.1. The number of rotatable bonds is 8. The van der Waals surface area contributed by atoms with Crippen molar-refractivity contribution in [2.75, 3.05) is 12.4 Å². The fourth-order valence-corrected chi connectivity index (χ4v) is 3.82. The molecule has 2 N–H and O–H groups in total. The van der Waals surface area contributed by atoms with Crippen molar-refractivity contribution in [1.82, 2.24) is 4.72 Å². The number of hydrogen-bond donors (Lipinski definition) is 2. The second-order valence-electron chi connectivity index (χ2n) is 6.34. The molecular formula is C19H23ClN2O5S. The highest BCUT2D eigenvalue weighted by atomic mass is 35.5. The Morgan fingerprint density at radius 2 is 1.82 bits per heavy atom. The maximum atomic E-state index is 12.5. The van der Waals surface area contributed by atoms with Gasteiger partial charge in [0, 0.05) is 11.1 Å². The van der Waals surface area contributed by atoms with Crippen LogP contribution in [0.1, 0.15) is 20.8 Å². The molecule has 0 aromatic heterocycles. The third-order valence-corrected chi connectivity index (χ3v) is 5.50. The molecule has 0 saturated carbocycles. The largest absolute Gasteiger partial charge is 0.495 e. The molecule has 2 aromatic rings. The van der Waals surface area contributed by atoms with Gasteiger partial charge in [0.25, 0.3) is 5.91 Å². The summed E-state index contributed by atoms with van der Waals surface area (Å²) in [5.74, 6) is 0.302. The lowest BCUT2D eigenvalue weighted by Crippen LogP contribution is -2.31. The summed E-state index contributed by atoms with van der Waals surface area (Å²) in [6.45, 7) is 5.01. The van der Waals surface area contributed by atoms with Crippen LogP contribution in [0.5, 0.6) is 11.5 Å². The number of amides is 1. The van der Waals surface area contributed by atoms with Crippen molar-refractivity contribution in [3.63, 3.8) is 0 Å². The molecule has 0 saturated heterocycles. The van der Waals surface area contributed by atoms with Crippen LogP contribution in [-0.2, 0) is 14.8 Å². The molecule has 2 rings (SSSR count). The van der Waals surface area contributed by atoms with Crippen LogP contribution in [-0.4, -0.2) is 33.6 Å². The number of halogens is 1. The Bertz CT molecular complexity index is 947. The van der Waals surface area contributed by atoms with E-state index in [9.17, 15) is 13.2 Å². The Balaban J connectivity index is 2.21. The maximum absolute atomic E-state index is 12.5. The summed E-state index contributed by atoms with van der Waals surface area (Å²) in [6.07, 6.45) is -0.850. The van der Waals surface area contributed by atoms with Crippen molar-refractivity contribution in [3.8, 4) is 11.5 Å². The van der Waals surface area contributed by atoms with Crippen LogP contribution in [0.3, 0.4) is 0 Å². The summed E-state index contributed by atoms with van der Waals surface area (Å²) in [6, 6.07) is 10.6. The van der Waals surface area contributed by atoms with E-state index >= 15 is 0 Å². The molecule has 0 aliphatic rings. The monoisotopic (exact) mass is 426 g/mol. The molecule has 0 fully saturated rings. The summed E-state index contributed by atoms with van der Waals surface area (Å²) in [5.41, 5.74) is 0.223. The van der Waals surface area contributed by atoms with Gasteiger partial charge >= 0.3 is 0 Å². The Hall–Kier alpha value is -2.29. The van der Waals surface area contributed by atoms with E-state index in [1.807, 2.05) is 0 Å². The van der Waals surface area contributed by atoms with Gasteiger partial charge in [0.1, 0.15) is 11.5 Å². The quantitative estimate of drug-likeness (QED) is 0.674. The highest BCUT2D eigenvalue weighted by Gasteiger charge is 2.21. The molecular weight excluding hydrogens is 404 g/mol. The summed E-state index contributed by atoms with van der Waals surface area (Å²) in [7, 11) is -2.29. The van der Waals surface area contributed by atoms with Crippen molar-refractivity contribution < 1.29 is 22.7 Å². The molecule has 0 aliphatic heterocycles. The Morgan fingerprint density at radius 1 is 1.11 bits per heavy atom. The zero-order valence-electron chi connectivity index (χ0n) is 16.0. The molecule has 0 heterocycles. The highest BCUT2D eigenvalue weighted by molar-refractivity contribution is 7.89. The number of carbonyl (C=O) groups excluding carboxylic acids is 1. The van der Waals surface area contributed by atoms with Crippen LogP contribution >= 0.6 is 11.6 Å². The minimum atomic E-state index is -3.72. The van der Waals surface area contributed by atoms with Gasteiger partial charge in [-0.3, -0.25) is 4.79 Å². The predicted octanol–water partition coefficient (Wildman–Crippen LogP) is 3.44. The van der Waals surface area contributed by atoms with Gasteiger partial charge < -0.3 is 14.8 Å². The molecule has 1 atom stereocenters. The molecule has 1 amide bonds. The first kappa shape index (κ1) is 22.0. The third kappa shape index (κ3) is 5.85. The van der Waals surface area contributed by atoms with Crippen molar-refractivity contribution in [2.45, 2.75) is 37.8 Å². The fourth-order valence-electron chi connectivity index (χ4n) is 2.36. The van der Waals surface area contributed by atoms with Crippen LogP contribution in [0, 0.1) is 0 Å². The Kier molecular flexibility index (Phi) is 7.29. The molecule has 0 radical (unpaired) electrons. The second-order valence-corrected chi connectivity index (χ2v) is 8.50. The van der Waals surface area contributed by atoms with E-state index in [1.165, 1.54) is 25.3 Å². The standard InChI is InChI=1S/C19H23ClN2O5S/c1-12(2)22-28(24,25)16-8-9-18(26-4)17(11-16)21-19(23)13(3)27-15-7-5-6-14(20)10-15/h5-13,22H,1-4H3,(H,21,23)/t13-/m0/s1. The van der Waals surface area contributed by atoms with E-state index < -0.39 is 22.0 Å². The molecule has 0 aliphatic carbocycles. The van der Waals surface area contributed by atoms with Crippen molar-refractivity contribution in [2.24, 2.45) is 0 Å². The van der Waals surface area contributed by atoms with E-state index in [-0.39, 0.29) is 16.6 Å². The van der Waals surface area contributed by atoms with Gasteiger partial charge in [-0.05, 0) is 57.2 Å². The number of hydrogen-bond acceptors (Lipinski definition) is 5. The lowest BCUT2D eigenvalue weighted by molar-refractivity contribution is -0.122. The van der Waals surface area contributed by atoms with Crippen LogP contribution in [0.4, 0.5) is 5.69 Å². The molecule has 28 heavy (non-hydrogen) atoms.